The Labute approximate surface area is 140 Å². The van der Waals surface area contributed by atoms with Crippen LogP contribution in [-0.4, -0.2) is 28.5 Å². The second-order valence-electron chi connectivity index (χ2n) is 6.22. The average Bonchev–Trinajstić information content (AvgIpc) is 3.35. The first kappa shape index (κ1) is 14.9. The van der Waals surface area contributed by atoms with Crippen LogP contribution in [0.25, 0.3) is 16.7 Å². The number of aromatic nitrogens is 2. The summed E-state index contributed by atoms with van der Waals surface area (Å²) in [7, 11) is 0. The fourth-order valence-electron chi connectivity index (χ4n) is 2.83. The molecule has 24 heavy (non-hydrogen) atoms. The lowest BCUT2D eigenvalue weighted by Gasteiger charge is -2.10. The Hall–Kier alpha value is -2.66. The molecule has 5 heteroatoms. The number of hydrogen-bond donors (Lipinski definition) is 2. The number of benzene rings is 2. The van der Waals surface area contributed by atoms with Crippen molar-refractivity contribution in [2.24, 2.45) is 5.92 Å². The molecule has 2 N–H and O–H groups in total. The zero-order chi connectivity index (χ0) is 16.4. The van der Waals surface area contributed by atoms with Gasteiger partial charge in [0.1, 0.15) is 0 Å². The lowest BCUT2D eigenvalue weighted by Crippen LogP contribution is -2.30. The molecule has 4 rings (SSSR count). The van der Waals surface area contributed by atoms with E-state index in [-0.39, 0.29) is 5.91 Å². The van der Waals surface area contributed by atoms with Gasteiger partial charge in [-0.2, -0.15) is 0 Å². The summed E-state index contributed by atoms with van der Waals surface area (Å²) in [6, 6.07) is 17.8. The first-order chi connectivity index (χ1) is 11.8. The van der Waals surface area contributed by atoms with E-state index in [1.54, 1.807) is 0 Å². The third-order valence-electron chi connectivity index (χ3n) is 4.24. The van der Waals surface area contributed by atoms with Gasteiger partial charge in [-0.3, -0.25) is 14.7 Å². The maximum atomic E-state index is 12.2. The van der Waals surface area contributed by atoms with Gasteiger partial charge < -0.3 is 5.32 Å². The Morgan fingerprint density at radius 2 is 1.83 bits per heavy atom. The summed E-state index contributed by atoms with van der Waals surface area (Å²) in [5, 5.41) is 6.15. The van der Waals surface area contributed by atoms with Gasteiger partial charge in [-0.15, -0.1) is 0 Å². The molecule has 1 aromatic heterocycles. The fraction of sp³-hybridized carbons (Fsp3) is 0.263. The van der Waals surface area contributed by atoms with Gasteiger partial charge in [-0.05, 0) is 49.6 Å². The van der Waals surface area contributed by atoms with Crippen LogP contribution >= 0.6 is 0 Å². The van der Waals surface area contributed by atoms with Gasteiger partial charge >= 0.3 is 0 Å². The van der Waals surface area contributed by atoms with Gasteiger partial charge in [-0.1, -0.05) is 30.3 Å². The van der Waals surface area contributed by atoms with Crippen LogP contribution in [0.3, 0.4) is 0 Å². The van der Waals surface area contributed by atoms with E-state index in [4.69, 9.17) is 0 Å². The van der Waals surface area contributed by atoms with E-state index in [0.717, 1.165) is 29.2 Å². The number of fused-ring (bicyclic) bond motifs is 1. The standard InChI is InChI=1S/C19H20N4O/c24-18(13-20-12-14-10-11-14)22-19-21-16-8-4-5-9-17(16)23(19)15-6-2-1-3-7-15/h1-9,14,20H,10-13H2,(H,21,22,24). The molecule has 0 spiro atoms. The van der Waals surface area contributed by atoms with Crippen LogP contribution in [-0.2, 0) is 4.79 Å². The number of rotatable bonds is 6. The predicted octanol–water partition coefficient (Wildman–Crippen LogP) is 2.96. The number of carbonyl (C=O) groups excluding carboxylic acids is 1. The summed E-state index contributed by atoms with van der Waals surface area (Å²) in [5.41, 5.74) is 2.82. The Kier molecular flexibility index (Phi) is 4.01. The van der Waals surface area contributed by atoms with Crippen molar-refractivity contribution in [2.45, 2.75) is 12.8 Å². The highest BCUT2D eigenvalue weighted by Crippen LogP contribution is 2.27. The Morgan fingerprint density at radius 3 is 2.62 bits per heavy atom. The summed E-state index contributed by atoms with van der Waals surface area (Å²) < 4.78 is 1.98. The lowest BCUT2D eigenvalue weighted by molar-refractivity contribution is -0.115. The van der Waals surface area contributed by atoms with Crippen molar-refractivity contribution in [3.05, 3.63) is 54.6 Å². The van der Waals surface area contributed by atoms with Crippen LogP contribution < -0.4 is 10.6 Å². The first-order valence-corrected chi connectivity index (χ1v) is 8.35. The van der Waals surface area contributed by atoms with Gasteiger partial charge in [-0.25, -0.2) is 4.98 Å². The quantitative estimate of drug-likeness (QED) is 0.734. The van der Waals surface area contributed by atoms with E-state index in [0.29, 0.717) is 12.5 Å². The van der Waals surface area contributed by atoms with Gasteiger partial charge in [0.25, 0.3) is 0 Å². The molecule has 0 radical (unpaired) electrons. The molecule has 0 atom stereocenters. The maximum absolute atomic E-state index is 12.2. The molecule has 0 unspecified atom stereocenters. The summed E-state index contributed by atoms with van der Waals surface area (Å²) >= 11 is 0. The predicted molar refractivity (Wildman–Crippen MR) is 95.3 cm³/mol. The number of anilines is 1. The average molecular weight is 320 g/mol. The number of hydrogen-bond acceptors (Lipinski definition) is 3. The molecule has 0 aliphatic heterocycles. The van der Waals surface area contributed by atoms with Gasteiger partial charge in [0.15, 0.2) is 0 Å². The van der Waals surface area contributed by atoms with Crippen molar-refractivity contribution in [1.82, 2.24) is 14.9 Å². The van der Waals surface area contributed by atoms with Crippen LogP contribution in [0, 0.1) is 5.92 Å². The maximum Gasteiger partial charge on any atom is 0.240 e. The van der Waals surface area contributed by atoms with Crippen LogP contribution in [0.2, 0.25) is 0 Å². The topological polar surface area (TPSA) is 59.0 Å². The molecule has 1 fully saturated rings. The molecule has 2 aromatic carbocycles. The molecule has 1 aliphatic carbocycles. The highest BCUT2D eigenvalue weighted by molar-refractivity contribution is 5.93. The summed E-state index contributed by atoms with van der Waals surface area (Å²) in [6.45, 7) is 1.23. The van der Waals surface area contributed by atoms with Crippen molar-refractivity contribution in [3.63, 3.8) is 0 Å². The third-order valence-corrected chi connectivity index (χ3v) is 4.24. The van der Waals surface area contributed by atoms with Crippen LogP contribution in [0.15, 0.2) is 54.6 Å². The molecular weight excluding hydrogens is 300 g/mol. The monoisotopic (exact) mass is 320 g/mol. The number of nitrogens with zero attached hydrogens (tertiary/aromatic N) is 2. The van der Waals surface area contributed by atoms with Crippen molar-refractivity contribution >= 4 is 22.9 Å². The fourth-order valence-corrected chi connectivity index (χ4v) is 2.83. The second kappa shape index (κ2) is 6.45. The highest BCUT2D eigenvalue weighted by atomic mass is 16.2. The minimum absolute atomic E-state index is 0.0665. The zero-order valence-corrected chi connectivity index (χ0v) is 13.4. The van der Waals surface area contributed by atoms with Gasteiger partial charge in [0.2, 0.25) is 11.9 Å². The van der Waals surface area contributed by atoms with E-state index in [1.807, 2.05) is 59.2 Å². The Morgan fingerprint density at radius 1 is 1.08 bits per heavy atom. The molecule has 1 saturated carbocycles. The molecule has 0 bridgehead atoms. The van der Waals surface area contributed by atoms with E-state index in [1.165, 1.54) is 12.8 Å². The number of imidazole rings is 1. The number of para-hydroxylation sites is 3. The van der Waals surface area contributed by atoms with Crippen LogP contribution in [0.1, 0.15) is 12.8 Å². The molecule has 122 valence electrons. The number of nitrogens with one attached hydrogen (secondary N) is 2. The summed E-state index contributed by atoms with van der Waals surface area (Å²) in [4.78, 5) is 16.8. The smallest absolute Gasteiger partial charge is 0.240 e. The van der Waals surface area contributed by atoms with E-state index in [2.05, 4.69) is 15.6 Å². The Bertz CT molecular complexity index is 852. The summed E-state index contributed by atoms with van der Waals surface area (Å²) in [6.07, 6.45) is 2.55. The zero-order valence-electron chi connectivity index (χ0n) is 13.4. The highest BCUT2D eigenvalue weighted by Gasteiger charge is 2.21. The number of amides is 1. The summed E-state index contributed by atoms with van der Waals surface area (Å²) in [5.74, 6) is 1.25. The molecule has 5 nitrogen and oxygen atoms in total. The van der Waals surface area contributed by atoms with Crippen molar-refractivity contribution < 1.29 is 4.79 Å². The molecule has 0 saturated heterocycles. The molecule has 1 amide bonds. The minimum Gasteiger partial charge on any atom is -0.308 e. The Balaban J connectivity index is 1.60. The molecular formula is C19H20N4O. The number of carbonyl (C=O) groups is 1. The third kappa shape index (κ3) is 3.16. The van der Waals surface area contributed by atoms with Crippen molar-refractivity contribution in [2.75, 3.05) is 18.4 Å². The molecule has 1 aliphatic rings. The normalized spacial score (nSPS) is 14.0. The van der Waals surface area contributed by atoms with Gasteiger partial charge in [0, 0.05) is 5.69 Å². The molecule has 1 heterocycles. The van der Waals surface area contributed by atoms with Crippen LogP contribution in [0.5, 0.6) is 0 Å². The van der Waals surface area contributed by atoms with Crippen molar-refractivity contribution in [1.29, 1.82) is 0 Å². The van der Waals surface area contributed by atoms with E-state index >= 15 is 0 Å². The molecule has 3 aromatic rings. The SMILES string of the molecule is O=C(CNCC1CC1)Nc1nc2ccccc2n1-c1ccccc1. The van der Waals surface area contributed by atoms with E-state index in [9.17, 15) is 4.79 Å². The van der Waals surface area contributed by atoms with E-state index < -0.39 is 0 Å². The second-order valence-corrected chi connectivity index (χ2v) is 6.22. The minimum atomic E-state index is -0.0665. The van der Waals surface area contributed by atoms with Gasteiger partial charge in [0.05, 0.1) is 17.6 Å². The van der Waals surface area contributed by atoms with Crippen LogP contribution in [0.4, 0.5) is 5.95 Å². The van der Waals surface area contributed by atoms with Crippen molar-refractivity contribution in [3.8, 4) is 5.69 Å². The first-order valence-electron chi connectivity index (χ1n) is 8.35. The lowest BCUT2D eigenvalue weighted by atomic mass is 10.3. The largest absolute Gasteiger partial charge is 0.308 e.